The summed E-state index contributed by atoms with van der Waals surface area (Å²) in [5.74, 6) is 0.846. The molecular formula is C22H25N3O2S. The van der Waals surface area contributed by atoms with Crippen LogP contribution < -0.4 is 0 Å². The Hall–Kier alpha value is -2.34. The monoisotopic (exact) mass is 395 g/mol. The number of aromatic nitrogens is 1. The van der Waals surface area contributed by atoms with Crippen LogP contribution in [0, 0.1) is 0 Å². The van der Waals surface area contributed by atoms with Crippen molar-refractivity contribution in [1.29, 1.82) is 0 Å². The third-order valence-electron chi connectivity index (χ3n) is 5.63. The summed E-state index contributed by atoms with van der Waals surface area (Å²) in [6, 6.07) is 13.7. The Balaban J connectivity index is 1.47. The molecule has 3 heterocycles. The summed E-state index contributed by atoms with van der Waals surface area (Å²) < 4.78 is 0. The fourth-order valence-corrected chi connectivity index (χ4v) is 5.04. The van der Waals surface area contributed by atoms with Gasteiger partial charge in [-0.15, -0.1) is 11.8 Å². The number of amides is 2. The molecule has 28 heavy (non-hydrogen) atoms. The normalized spacial score (nSPS) is 21.7. The number of carbonyl (C=O) groups excluding carboxylic acids is 2. The minimum absolute atomic E-state index is 0.0734. The Labute approximate surface area is 170 Å². The van der Waals surface area contributed by atoms with Crippen molar-refractivity contribution in [2.75, 3.05) is 18.8 Å². The molecule has 0 radical (unpaired) electrons. The smallest absolute Gasteiger partial charge is 0.257 e. The van der Waals surface area contributed by atoms with Crippen molar-refractivity contribution >= 4 is 23.6 Å². The van der Waals surface area contributed by atoms with E-state index in [0.717, 1.165) is 36.6 Å². The number of fused-ring (bicyclic) bond motifs is 1. The van der Waals surface area contributed by atoms with Crippen molar-refractivity contribution in [3.63, 3.8) is 0 Å². The van der Waals surface area contributed by atoms with Gasteiger partial charge in [0.2, 0.25) is 5.91 Å². The molecule has 0 aliphatic carbocycles. The van der Waals surface area contributed by atoms with Gasteiger partial charge in [-0.2, -0.15) is 0 Å². The molecule has 146 valence electrons. The number of benzene rings is 1. The Morgan fingerprint density at radius 3 is 2.86 bits per heavy atom. The van der Waals surface area contributed by atoms with Gasteiger partial charge >= 0.3 is 0 Å². The maximum Gasteiger partial charge on any atom is 0.257 e. The van der Waals surface area contributed by atoms with Crippen molar-refractivity contribution in [1.82, 2.24) is 14.8 Å². The van der Waals surface area contributed by atoms with E-state index in [2.05, 4.69) is 17.1 Å². The average Bonchev–Trinajstić information content (AvgIpc) is 3.20. The first kappa shape index (κ1) is 19.0. The SMILES string of the molecule is C[C@H]1C(=O)N2CCC[C@@H]2CN1C(=O)c1cccnc1SCCc1ccccc1. The highest BCUT2D eigenvalue weighted by Crippen LogP contribution is 2.29. The fraction of sp³-hybridized carbons (Fsp3) is 0.409. The first-order valence-electron chi connectivity index (χ1n) is 9.88. The molecule has 2 saturated heterocycles. The van der Waals surface area contributed by atoms with E-state index in [9.17, 15) is 9.59 Å². The van der Waals surface area contributed by atoms with E-state index in [0.29, 0.717) is 12.1 Å². The molecular weight excluding hydrogens is 370 g/mol. The van der Waals surface area contributed by atoms with Crippen molar-refractivity contribution in [3.05, 3.63) is 59.8 Å². The van der Waals surface area contributed by atoms with Gasteiger partial charge in [0.15, 0.2) is 0 Å². The second-order valence-electron chi connectivity index (χ2n) is 7.40. The molecule has 5 nitrogen and oxygen atoms in total. The van der Waals surface area contributed by atoms with Gasteiger partial charge in [-0.1, -0.05) is 30.3 Å². The second kappa shape index (κ2) is 8.35. The van der Waals surface area contributed by atoms with E-state index in [1.54, 1.807) is 28.9 Å². The molecule has 0 spiro atoms. The molecule has 6 heteroatoms. The predicted molar refractivity (Wildman–Crippen MR) is 110 cm³/mol. The lowest BCUT2D eigenvalue weighted by Crippen LogP contribution is -2.60. The number of nitrogens with zero attached hydrogens (tertiary/aromatic N) is 3. The van der Waals surface area contributed by atoms with E-state index in [4.69, 9.17) is 0 Å². The summed E-state index contributed by atoms with van der Waals surface area (Å²) in [6.07, 6.45) is 4.66. The first-order valence-corrected chi connectivity index (χ1v) is 10.9. The lowest BCUT2D eigenvalue weighted by Gasteiger charge is -2.41. The van der Waals surface area contributed by atoms with Gasteiger partial charge in [-0.25, -0.2) is 4.98 Å². The second-order valence-corrected chi connectivity index (χ2v) is 8.48. The average molecular weight is 396 g/mol. The number of hydrogen-bond donors (Lipinski definition) is 0. The van der Waals surface area contributed by atoms with E-state index in [1.165, 1.54) is 5.56 Å². The minimum Gasteiger partial charge on any atom is -0.336 e. The Morgan fingerprint density at radius 1 is 1.21 bits per heavy atom. The largest absolute Gasteiger partial charge is 0.336 e. The molecule has 0 saturated carbocycles. The number of thioether (sulfide) groups is 1. The highest BCUT2D eigenvalue weighted by Gasteiger charge is 2.42. The van der Waals surface area contributed by atoms with Crippen molar-refractivity contribution < 1.29 is 9.59 Å². The van der Waals surface area contributed by atoms with E-state index in [1.807, 2.05) is 36.1 Å². The van der Waals surface area contributed by atoms with Gasteiger partial charge in [0.25, 0.3) is 5.91 Å². The quantitative estimate of drug-likeness (QED) is 0.730. The van der Waals surface area contributed by atoms with E-state index < -0.39 is 6.04 Å². The topological polar surface area (TPSA) is 53.5 Å². The van der Waals surface area contributed by atoms with Crippen LogP contribution in [0.1, 0.15) is 35.7 Å². The van der Waals surface area contributed by atoms with Crippen molar-refractivity contribution in [2.45, 2.75) is 43.3 Å². The molecule has 2 fully saturated rings. The third-order valence-corrected chi connectivity index (χ3v) is 6.63. The Bertz CT molecular complexity index is 858. The highest BCUT2D eigenvalue weighted by atomic mass is 32.2. The predicted octanol–water partition coefficient (Wildman–Crippen LogP) is 3.25. The molecule has 1 aromatic carbocycles. The highest BCUT2D eigenvalue weighted by molar-refractivity contribution is 7.99. The molecule has 1 aromatic heterocycles. The van der Waals surface area contributed by atoms with E-state index in [-0.39, 0.29) is 17.9 Å². The van der Waals surface area contributed by atoms with Crippen LogP contribution in [0.3, 0.4) is 0 Å². The zero-order chi connectivity index (χ0) is 19.5. The van der Waals surface area contributed by atoms with Crippen LogP contribution in [0.4, 0.5) is 0 Å². The Kier molecular flexibility index (Phi) is 5.67. The van der Waals surface area contributed by atoms with Gasteiger partial charge in [-0.3, -0.25) is 9.59 Å². The van der Waals surface area contributed by atoms with Crippen molar-refractivity contribution in [3.8, 4) is 0 Å². The fourth-order valence-electron chi connectivity index (χ4n) is 4.07. The summed E-state index contributed by atoms with van der Waals surface area (Å²) in [5.41, 5.74) is 1.88. The third kappa shape index (κ3) is 3.78. The maximum atomic E-state index is 13.3. The molecule has 0 bridgehead atoms. The number of pyridine rings is 1. The molecule has 2 aliphatic heterocycles. The number of aryl methyl sites for hydroxylation is 1. The number of hydrogen-bond acceptors (Lipinski definition) is 4. The number of carbonyl (C=O) groups is 2. The summed E-state index contributed by atoms with van der Waals surface area (Å²) in [7, 11) is 0. The zero-order valence-corrected chi connectivity index (χ0v) is 16.9. The van der Waals surface area contributed by atoms with Crippen LogP contribution in [0.5, 0.6) is 0 Å². The minimum atomic E-state index is -0.413. The van der Waals surface area contributed by atoms with Crippen molar-refractivity contribution in [2.24, 2.45) is 0 Å². The van der Waals surface area contributed by atoms with Crippen LogP contribution in [-0.4, -0.2) is 57.5 Å². The molecule has 4 rings (SSSR count). The number of rotatable bonds is 5. The first-order chi connectivity index (χ1) is 13.6. The van der Waals surface area contributed by atoms with Crippen LogP contribution in [0.15, 0.2) is 53.7 Å². The lowest BCUT2D eigenvalue weighted by atomic mass is 10.1. The number of piperazine rings is 1. The van der Waals surface area contributed by atoms with E-state index >= 15 is 0 Å². The van der Waals surface area contributed by atoms with Gasteiger partial charge in [0, 0.05) is 31.1 Å². The molecule has 2 aliphatic rings. The van der Waals surface area contributed by atoms with Crippen LogP contribution in [0.25, 0.3) is 0 Å². The molecule has 0 unspecified atom stereocenters. The lowest BCUT2D eigenvalue weighted by molar-refractivity contribution is -0.141. The van der Waals surface area contributed by atoms with Gasteiger partial charge in [0.1, 0.15) is 11.1 Å². The summed E-state index contributed by atoms with van der Waals surface area (Å²) >= 11 is 1.60. The van der Waals surface area contributed by atoms with Crippen LogP contribution in [0.2, 0.25) is 0 Å². The maximum absolute atomic E-state index is 13.3. The molecule has 2 aromatic rings. The standard InChI is InChI=1S/C22H25N3O2S/c1-16-21(26)24-13-6-9-18(24)15-25(16)22(27)19-10-5-12-23-20(19)28-14-11-17-7-3-2-4-8-17/h2-5,7-8,10,12,16,18H,6,9,11,13-15H2,1H3/t16-,18+/m0/s1. The zero-order valence-electron chi connectivity index (χ0n) is 16.1. The molecule has 0 N–H and O–H groups in total. The summed E-state index contributed by atoms with van der Waals surface area (Å²) in [5, 5.41) is 0.747. The summed E-state index contributed by atoms with van der Waals surface area (Å²) in [6.45, 7) is 3.28. The van der Waals surface area contributed by atoms with Crippen LogP contribution in [-0.2, 0) is 11.2 Å². The van der Waals surface area contributed by atoms with Crippen LogP contribution >= 0.6 is 11.8 Å². The molecule has 2 amide bonds. The Morgan fingerprint density at radius 2 is 2.04 bits per heavy atom. The van der Waals surface area contributed by atoms with Gasteiger partial charge in [0.05, 0.1) is 5.56 Å². The van der Waals surface area contributed by atoms with Gasteiger partial charge < -0.3 is 9.80 Å². The molecule has 2 atom stereocenters. The summed E-state index contributed by atoms with van der Waals surface area (Å²) in [4.78, 5) is 34.1. The van der Waals surface area contributed by atoms with Gasteiger partial charge in [-0.05, 0) is 43.9 Å².